The van der Waals surface area contributed by atoms with Crippen LogP contribution in [0.1, 0.15) is 5.56 Å². The molecule has 0 saturated heterocycles. The lowest BCUT2D eigenvalue weighted by Gasteiger charge is -2.03. The summed E-state index contributed by atoms with van der Waals surface area (Å²) in [5, 5.41) is 8.81. The van der Waals surface area contributed by atoms with Crippen LogP contribution in [-0.4, -0.2) is 11.7 Å². The van der Waals surface area contributed by atoms with Gasteiger partial charge in [-0.3, -0.25) is 0 Å². The first-order valence-corrected chi connectivity index (χ1v) is 5.15. The summed E-state index contributed by atoms with van der Waals surface area (Å²) in [6.07, 6.45) is 0.731. The van der Waals surface area contributed by atoms with Crippen molar-refractivity contribution in [1.82, 2.24) is 0 Å². The Balaban J connectivity index is 0.00000128. The first kappa shape index (κ1) is 12.8. The number of hydrogen-bond donors (Lipinski definition) is 1. The Morgan fingerprint density at radius 2 is 1.31 bits per heavy atom. The molecular formula is C14H15ClO. The van der Waals surface area contributed by atoms with E-state index >= 15 is 0 Å². The monoisotopic (exact) mass is 234 g/mol. The van der Waals surface area contributed by atoms with Crippen molar-refractivity contribution in [1.29, 1.82) is 0 Å². The largest absolute Gasteiger partial charge is 0.396 e. The van der Waals surface area contributed by atoms with E-state index in [-0.39, 0.29) is 19.0 Å². The Bertz CT molecular complexity index is 409. The van der Waals surface area contributed by atoms with Crippen molar-refractivity contribution in [3.05, 3.63) is 60.2 Å². The van der Waals surface area contributed by atoms with E-state index in [4.69, 9.17) is 5.11 Å². The Labute approximate surface area is 102 Å². The van der Waals surface area contributed by atoms with Gasteiger partial charge in [0, 0.05) is 6.61 Å². The van der Waals surface area contributed by atoms with Crippen molar-refractivity contribution in [3.63, 3.8) is 0 Å². The molecule has 0 aliphatic rings. The van der Waals surface area contributed by atoms with Crippen LogP contribution in [0, 0.1) is 0 Å². The number of aliphatic hydroxyl groups excluding tert-OH is 1. The third-order valence-corrected chi connectivity index (χ3v) is 2.46. The predicted molar refractivity (Wildman–Crippen MR) is 69.9 cm³/mol. The highest BCUT2D eigenvalue weighted by molar-refractivity contribution is 5.85. The number of hydrogen-bond acceptors (Lipinski definition) is 1. The SMILES string of the molecule is Cl.OCCc1ccc(-c2ccccc2)cc1. The molecule has 2 heteroatoms. The van der Waals surface area contributed by atoms with Gasteiger partial charge in [0.2, 0.25) is 0 Å². The van der Waals surface area contributed by atoms with Gasteiger partial charge in [0.25, 0.3) is 0 Å². The molecule has 0 aliphatic heterocycles. The first-order valence-electron chi connectivity index (χ1n) is 5.15. The molecule has 1 N–H and O–H groups in total. The van der Waals surface area contributed by atoms with E-state index in [9.17, 15) is 0 Å². The highest BCUT2D eigenvalue weighted by Gasteiger charge is 1.96. The summed E-state index contributed by atoms with van der Waals surface area (Å²) in [6, 6.07) is 18.6. The van der Waals surface area contributed by atoms with Crippen molar-refractivity contribution in [3.8, 4) is 11.1 Å². The molecule has 0 bridgehead atoms. The molecule has 0 aromatic heterocycles. The van der Waals surface area contributed by atoms with Gasteiger partial charge in [-0.2, -0.15) is 0 Å². The zero-order valence-corrected chi connectivity index (χ0v) is 9.78. The summed E-state index contributed by atoms with van der Waals surface area (Å²) in [5.41, 5.74) is 3.63. The lowest BCUT2D eigenvalue weighted by atomic mass is 10.0. The van der Waals surface area contributed by atoms with Gasteiger partial charge in [0.1, 0.15) is 0 Å². The maximum absolute atomic E-state index is 8.81. The molecule has 0 radical (unpaired) electrons. The van der Waals surface area contributed by atoms with Crippen LogP contribution in [-0.2, 0) is 6.42 Å². The lowest BCUT2D eigenvalue weighted by Crippen LogP contribution is -1.89. The van der Waals surface area contributed by atoms with Gasteiger partial charge < -0.3 is 5.11 Å². The average Bonchev–Trinajstić information content (AvgIpc) is 2.32. The lowest BCUT2D eigenvalue weighted by molar-refractivity contribution is 0.299. The standard InChI is InChI=1S/C14H14O.ClH/c15-11-10-12-6-8-14(9-7-12)13-4-2-1-3-5-13;/h1-9,15H,10-11H2;1H. The number of benzene rings is 2. The molecule has 2 aromatic rings. The second-order valence-corrected chi connectivity index (χ2v) is 3.54. The topological polar surface area (TPSA) is 20.2 Å². The fourth-order valence-electron chi connectivity index (χ4n) is 1.62. The smallest absolute Gasteiger partial charge is 0.0471 e. The van der Waals surface area contributed by atoms with Gasteiger partial charge in [-0.25, -0.2) is 0 Å². The Morgan fingerprint density at radius 3 is 1.88 bits per heavy atom. The Kier molecular flexibility index (Phi) is 5.03. The average molecular weight is 235 g/mol. The van der Waals surface area contributed by atoms with Gasteiger partial charge in [-0.05, 0) is 23.1 Å². The summed E-state index contributed by atoms with van der Waals surface area (Å²) >= 11 is 0. The van der Waals surface area contributed by atoms with Crippen LogP contribution in [0.2, 0.25) is 0 Å². The van der Waals surface area contributed by atoms with Crippen LogP contribution >= 0.6 is 12.4 Å². The molecule has 84 valence electrons. The molecule has 1 nitrogen and oxygen atoms in total. The van der Waals surface area contributed by atoms with Crippen LogP contribution in [0.25, 0.3) is 11.1 Å². The Hall–Kier alpha value is -1.31. The van der Waals surface area contributed by atoms with Crippen molar-refractivity contribution in [2.24, 2.45) is 0 Å². The normalized spacial score (nSPS) is 9.56. The summed E-state index contributed by atoms with van der Waals surface area (Å²) in [6.45, 7) is 0.213. The van der Waals surface area contributed by atoms with E-state index in [1.54, 1.807) is 0 Å². The second kappa shape index (κ2) is 6.31. The highest BCUT2D eigenvalue weighted by Crippen LogP contribution is 2.19. The zero-order valence-electron chi connectivity index (χ0n) is 8.97. The van der Waals surface area contributed by atoms with E-state index in [0.29, 0.717) is 0 Å². The van der Waals surface area contributed by atoms with Crippen molar-refractivity contribution in [2.45, 2.75) is 6.42 Å². The predicted octanol–water partition coefficient (Wildman–Crippen LogP) is 3.31. The Morgan fingerprint density at radius 1 is 0.750 bits per heavy atom. The molecule has 0 unspecified atom stereocenters. The van der Waals surface area contributed by atoms with Crippen molar-refractivity contribution in [2.75, 3.05) is 6.61 Å². The van der Waals surface area contributed by atoms with Gasteiger partial charge >= 0.3 is 0 Å². The zero-order chi connectivity index (χ0) is 10.5. The molecule has 16 heavy (non-hydrogen) atoms. The van der Waals surface area contributed by atoms with Crippen LogP contribution < -0.4 is 0 Å². The molecule has 0 heterocycles. The minimum atomic E-state index is 0. The highest BCUT2D eigenvalue weighted by atomic mass is 35.5. The molecular weight excluding hydrogens is 220 g/mol. The van der Waals surface area contributed by atoms with Crippen LogP contribution in [0.5, 0.6) is 0 Å². The maximum atomic E-state index is 8.81. The molecule has 2 aromatic carbocycles. The molecule has 2 rings (SSSR count). The fraction of sp³-hybridized carbons (Fsp3) is 0.143. The fourth-order valence-corrected chi connectivity index (χ4v) is 1.62. The molecule has 0 spiro atoms. The van der Waals surface area contributed by atoms with Crippen LogP contribution in [0.3, 0.4) is 0 Å². The summed E-state index contributed by atoms with van der Waals surface area (Å²) in [5.74, 6) is 0. The summed E-state index contributed by atoms with van der Waals surface area (Å²) < 4.78 is 0. The quantitative estimate of drug-likeness (QED) is 0.864. The van der Waals surface area contributed by atoms with E-state index in [1.807, 2.05) is 18.2 Å². The van der Waals surface area contributed by atoms with E-state index < -0.39 is 0 Å². The molecule has 0 saturated carbocycles. The number of halogens is 1. The first-order chi connectivity index (χ1) is 7.40. The summed E-state index contributed by atoms with van der Waals surface area (Å²) in [4.78, 5) is 0. The van der Waals surface area contributed by atoms with E-state index in [2.05, 4.69) is 36.4 Å². The second-order valence-electron chi connectivity index (χ2n) is 3.54. The molecule has 0 fully saturated rings. The van der Waals surface area contributed by atoms with Crippen LogP contribution in [0.4, 0.5) is 0 Å². The van der Waals surface area contributed by atoms with Crippen molar-refractivity contribution < 1.29 is 5.11 Å². The van der Waals surface area contributed by atoms with Crippen molar-refractivity contribution >= 4 is 12.4 Å². The molecule has 0 atom stereocenters. The number of rotatable bonds is 3. The van der Waals surface area contributed by atoms with Crippen LogP contribution in [0.15, 0.2) is 54.6 Å². The minimum Gasteiger partial charge on any atom is -0.396 e. The minimum absolute atomic E-state index is 0. The number of aliphatic hydroxyl groups is 1. The van der Waals surface area contributed by atoms with Gasteiger partial charge in [0.05, 0.1) is 0 Å². The third kappa shape index (κ3) is 3.09. The van der Waals surface area contributed by atoms with Gasteiger partial charge in [-0.15, -0.1) is 12.4 Å². The molecule has 0 amide bonds. The van der Waals surface area contributed by atoms with E-state index in [1.165, 1.54) is 16.7 Å². The van der Waals surface area contributed by atoms with E-state index in [0.717, 1.165) is 6.42 Å². The van der Waals surface area contributed by atoms with Gasteiger partial charge in [0.15, 0.2) is 0 Å². The summed E-state index contributed by atoms with van der Waals surface area (Å²) in [7, 11) is 0. The molecule has 0 aliphatic carbocycles. The van der Waals surface area contributed by atoms with Gasteiger partial charge in [-0.1, -0.05) is 54.6 Å². The third-order valence-electron chi connectivity index (χ3n) is 2.46. The maximum Gasteiger partial charge on any atom is 0.0471 e.